The molecule has 0 spiro atoms. The quantitative estimate of drug-likeness (QED) is 0.735. The van der Waals surface area contributed by atoms with E-state index in [1.807, 2.05) is 0 Å². The van der Waals surface area contributed by atoms with E-state index in [0.29, 0.717) is 10.4 Å². The van der Waals surface area contributed by atoms with Crippen molar-refractivity contribution in [1.29, 1.82) is 0 Å². The van der Waals surface area contributed by atoms with Gasteiger partial charge in [-0.05, 0) is 35.6 Å². The summed E-state index contributed by atoms with van der Waals surface area (Å²) in [6.07, 6.45) is 0.233. The molecule has 9 heteroatoms. The zero-order valence-corrected chi connectivity index (χ0v) is 16.2. The van der Waals surface area contributed by atoms with Crippen molar-refractivity contribution in [3.8, 4) is 5.75 Å². The highest BCUT2D eigenvalue weighted by Gasteiger charge is 2.49. The second kappa shape index (κ2) is 6.75. The summed E-state index contributed by atoms with van der Waals surface area (Å²) in [7, 11) is -3.29. The van der Waals surface area contributed by atoms with Crippen LogP contribution in [0.4, 0.5) is 0 Å². The Bertz CT molecular complexity index is 1090. The van der Waals surface area contributed by atoms with Crippen LogP contribution in [0.1, 0.15) is 27.7 Å². The van der Waals surface area contributed by atoms with Gasteiger partial charge in [-0.15, -0.1) is 11.3 Å². The summed E-state index contributed by atoms with van der Waals surface area (Å²) in [5, 5.41) is 22.2. The summed E-state index contributed by atoms with van der Waals surface area (Å²) >= 11 is 1.18. The lowest BCUT2D eigenvalue weighted by molar-refractivity contribution is -0.131. The van der Waals surface area contributed by atoms with Crippen LogP contribution in [0.15, 0.2) is 53.1 Å². The van der Waals surface area contributed by atoms with Gasteiger partial charge in [-0.2, -0.15) is 0 Å². The van der Waals surface area contributed by atoms with Crippen LogP contribution in [0.5, 0.6) is 5.75 Å². The molecule has 1 saturated heterocycles. The third kappa shape index (κ3) is 3.10. The van der Waals surface area contributed by atoms with E-state index >= 15 is 0 Å². The number of aliphatic hydroxyl groups is 1. The number of ketones is 1. The smallest absolute Gasteiger partial charge is 0.290 e. The number of nitrogens with zero attached hydrogens (tertiary/aromatic N) is 1. The van der Waals surface area contributed by atoms with Crippen LogP contribution < -0.4 is 0 Å². The summed E-state index contributed by atoms with van der Waals surface area (Å²) in [5.74, 6) is -2.26. The van der Waals surface area contributed by atoms with Gasteiger partial charge in [0.05, 0.1) is 28.0 Å². The molecule has 0 saturated carbocycles. The van der Waals surface area contributed by atoms with Crippen LogP contribution in [0, 0.1) is 0 Å². The second-order valence-corrected chi connectivity index (χ2v) is 10.0. The number of phenolic OH excluding ortho intramolecular Hbond substituents is 1. The van der Waals surface area contributed by atoms with Crippen molar-refractivity contribution in [2.45, 2.75) is 18.5 Å². The van der Waals surface area contributed by atoms with E-state index in [-0.39, 0.29) is 29.2 Å². The number of amides is 1. The Balaban J connectivity index is 1.84. The fraction of sp³-hybridized carbons (Fsp3) is 0.263. The number of aromatic hydroxyl groups is 1. The average Bonchev–Trinajstić information content (AvgIpc) is 3.34. The number of rotatable bonds is 4. The van der Waals surface area contributed by atoms with Crippen molar-refractivity contribution < 1.29 is 28.2 Å². The third-order valence-corrected chi connectivity index (χ3v) is 7.64. The molecular formula is C19H17NO6S2. The van der Waals surface area contributed by atoms with E-state index in [9.17, 15) is 28.2 Å². The first-order chi connectivity index (χ1) is 13.3. The molecule has 0 unspecified atom stereocenters. The molecule has 1 aromatic heterocycles. The molecule has 3 heterocycles. The number of hydrogen-bond donors (Lipinski definition) is 2. The highest BCUT2D eigenvalue weighted by atomic mass is 32.2. The first kappa shape index (κ1) is 18.7. The number of carbonyl (C=O) groups is 2. The SMILES string of the molecule is O=C(C1=C(O)C(=O)N([C@H]2CCS(=O)(=O)C2)[C@@H]1c1cccc(O)c1)c1cccs1. The molecule has 2 aliphatic rings. The minimum atomic E-state index is -3.29. The standard InChI is InChI=1S/C19H17NO6S2/c21-13-4-1-3-11(9-13)16-15(17(22)14-5-2-7-27-14)18(23)19(24)20(16)12-6-8-28(25,26)10-12/h1-5,7,9,12,16,21,23H,6,8,10H2/t12-,16+/m0/s1. The van der Waals surface area contributed by atoms with Gasteiger partial charge in [-0.3, -0.25) is 9.59 Å². The summed E-state index contributed by atoms with van der Waals surface area (Å²) in [5.41, 5.74) is 0.337. The minimum Gasteiger partial charge on any atom is -0.508 e. The number of hydrogen-bond acceptors (Lipinski definition) is 7. The Hall–Kier alpha value is -2.65. The Morgan fingerprint density at radius 3 is 2.57 bits per heavy atom. The number of benzene rings is 1. The van der Waals surface area contributed by atoms with Crippen LogP contribution in [0.3, 0.4) is 0 Å². The van der Waals surface area contributed by atoms with Gasteiger partial charge < -0.3 is 15.1 Å². The van der Waals surface area contributed by atoms with Gasteiger partial charge >= 0.3 is 0 Å². The van der Waals surface area contributed by atoms with E-state index < -0.39 is 39.4 Å². The van der Waals surface area contributed by atoms with Gasteiger partial charge in [0.25, 0.3) is 5.91 Å². The molecule has 2 aliphatic heterocycles. The highest BCUT2D eigenvalue weighted by molar-refractivity contribution is 7.91. The maximum absolute atomic E-state index is 13.1. The van der Waals surface area contributed by atoms with Crippen LogP contribution in [0.2, 0.25) is 0 Å². The summed E-state index contributed by atoms with van der Waals surface area (Å²) in [6.45, 7) is 0. The predicted octanol–water partition coefficient (Wildman–Crippen LogP) is 2.22. The molecule has 0 bridgehead atoms. The fourth-order valence-electron chi connectivity index (χ4n) is 3.79. The largest absolute Gasteiger partial charge is 0.508 e. The van der Waals surface area contributed by atoms with E-state index in [1.165, 1.54) is 28.4 Å². The maximum atomic E-state index is 13.1. The molecule has 1 fully saturated rings. The first-order valence-electron chi connectivity index (χ1n) is 8.62. The maximum Gasteiger partial charge on any atom is 0.290 e. The van der Waals surface area contributed by atoms with E-state index in [4.69, 9.17) is 0 Å². The normalized spacial score (nSPS) is 24.1. The number of Topliss-reactive ketones (excluding diaryl/α,β-unsaturated/α-hetero) is 1. The number of phenols is 1. The predicted molar refractivity (Wildman–Crippen MR) is 103 cm³/mol. The summed E-state index contributed by atoms with van der Waals surface area (Å²) in [6, 6.07) is 7.74. The highest BCUT2D eigenvalue weighted by Crippen LogP contribution is 2.43. The zero-order valence-electron chi connectivity index (χ0n) is 14.6. The van der Waals surface area contributed by atoms with Crippen LogP contribution in [-0.2, 0) is 14.6 Å². The van der Waals surface area contributed by atoms with Crippen LogP contribution >= 0.6 is 11.3 Å². The minimum absolute atomic E-state index is 0.0524. The molecule has 1 aromatic carbocycles. The summed E-state index contributed by atoms with van der Waals surface area (Å²) < 4.78 is 23.9. The molecule has 7 nitrogen and oxygen atoms in total. The molecule has 1 amide bonds. The Morgan fingerprint density at radius 2 is 1.96 bits per heavy atom. The molecule has 2 N–H and O–H groups in total. The molecule has 0 aliphatic carbocycles. The van der Waals surface area contributed by atoms with Gasteiger partial charge in [0.1, 0.15) is 5.75 Å². The topological polar surface area (TPSA) is 112 Å². The van der Waals surface area contributed by atoms with Gasteiger partial charge in [0.15, 0.2) is 15.6 Å². The van der Waals surface area contributed by atoms with Gasteiger partial charge in [-0.25, -0.2) is 8.42 Å². The lowest BCUT2D eigenvalue weighted by Gasteiger charge is -2.31. The van der Waals surface area contributed by atoms with Gasteiger partial charge in [-0.1, -0.05) is 18.2 Å². The monoisotopic (exact) mass is 419 g/mol. The van der Waals surface area contributed by atoms with Crippen LogP contribution in [0.25, 0.3) is 0 Å². The number of carbonyl (C=O) groups excluding carboxylic acids is 2. The summed E-state index contributed by atoms with van der Waals surface area (Å²) in [4.78, 5) is 27.6. The molecule has 2 aromatic rings. The number of sulfone groups is 1. The van der Waals surface area contributed by atoms with E-state index in [0.717, 1.165) is 0 Å². The fourth-order valence-corrected chi connectivity index (χ4v) is 6.18. The lowest BCUT2D eigenvalue weighted by atomic mass is 9.94. The van der Waals surface area contributed by atoms with Crippen molar-refractivity contribution in [1.82, 2.24) is 4.90 Å². The number of thiophene rings is 1. The first-order valence-corrected chi connectivity index (χ1v) is 11.3. The molecule has 2 atom stereocenters. The van der Waals surface area contributed by atoms with E-state index in [2.05, 4.69) is 0 Å². The Morgan fingerprint density at radius 1 is 1.18 bits per heavy atom. The second-order valence-electron chi connectivity index (χ2n) is 6.84. The zero-order chi connectivity index (χ0) is 20.1. The van der Waals surface area contributed by atoms with Gasteiger partial charge in [0.2, 0.25) is 5.78 Å². The Labute approximate surface area is 165 Å². The molecular weight excluding hydrogens is 402 g/mol. The Kier molecular flexibility index (Phi) is 4.51. The molecule has 0 radical (unpaired) electrons. The van der Waals surface area contributed by atoms with Crippen molar-refractivity contribution in [3.05, 3.63) is 63.6 Å². The van der Waals surface area contributed by atoms with Crippen molar-refractivity contribution in [2.24, 2.45) is 0 Å². The van der Waals surface area contributed by atoms with Crippen molar-refractivity contribution in [2.75, 3.05) is 11.5 Å². The van der Waals surface area contributed by atoms with E-state index in [1.54, 1.807) is 29.6 Å². The van der Waals surface area contributed by atoms with Crippen LogP contribution in [-0.4, -0.2) is 52.8 Å². The third-order valence-electron chi connectivity index (χ3n) is 5.02. The molecule has 146 valence electrons. The molecule has 4 rings (SSSR count). The molecule has 28 heavy (non-hydrogen) atoms. The van der Waals surface area contributed by atoms with Gasteiger partial charge in [0, 0.05) is 6.04 Å². The van der Waals surface area contributed by atoms with Crippen molar-refractivity contribution in [3.63, 3.8) is 0 Å². The lowest BCUT2D eigenvalue weighted by Crippen LogP contribution is -2.41. The average molecular weight is 419 g/mol. The van der Waals surface area contributed by atoms with Crippen molar-refractivity contribution >= 4 is 32.9 Å². The number of aliphatic hydroxyl groups excluding tert-OH is 1.